The van der Waals surface area contributed by atoms with E-state index in [9.17, 15) is 8.78 Å². The van der Waals surface area contributed by atoms with Crippen molar-refractivity contribution < 1.29 is 8.78 Å². The van der Waals surface area contributed by atoms with E-state index in [4.69, 9.17) is 5.73 Å². The molecule has 0 saturated carbocycles. The molecule has 0 unspecified atom stereocenters. The summed E-state index contributed by atoms with van der Waals surface area (Å²) in [5.41, 5.74) is 5.59. The van der Waals surface area contributed by atoms with E-state index in [-0.39, 0.29) is 17.9 Å². The molecule has 0 fully saturated rings. The van der Waals surface area contributed by atoms with Gasteiger partial charge in [0.2, 0.25) is 0 Å². The lowest BCUT2D eigenvalue weighted by Gasteiger charge is -2.07. The second-order valence-electron chi connectivity index (χ2n) is 3.84. The molecule has 2 N–H and O–H groups in total. The van der Waals surface area contributed by atoms with Crippen LogP contribution in [-0.2, 0) is 18.8 Å². The highest BCUT2D eigenvalue weighted by Gasteiger charge is 2.13. The number of hydrogen-bond donors (Lipinski definition) is 1. The maximum absolute atomic E-state index is 13.5. The standard InChI is InChI=1S/C12H14F2N4S/c1-2-18-11(6-15)16-17-12(18)19-7-8-9(13)4-3-5-10(8)14/h3-5H,2,6-7,15H2,1H3. The first-order chi connectivity index (χ1) is 9.17. The van der Waals surface area contributed by atoms with Gasteiger partial charge in [0.25, 0.3) is 0 Å². The first-order valence-corrected chi connectivity index (χ1v) is 6.83. The van der Waals surface area contributed by atoms with Gasteiger partial charge in [0.1, 0.15) is 17.5 Å². The molecule has 1 aromatic carbocycles. The van der Waals surface area contributed by atoms with E-state index in [0.717, 1.165) is 0 Å². The van der Waals surface area contributed by atoms with Crippen molar-refractivity contribution in [3.63, 3.8) is 0 Å². The van der Waals surface area contributed by atoms with Crippen LogP contribution in [-0.4, -0.2) is 14.8 Å². The van der Waals surface area contributed by atoms with Crippen molar-refractivity contribution in [3.05, 3.63) is 41.2 Å². The number of halogens is 2. The van der Waals surface area contributed by atoms with Gasteiger partial charge in [0, 0.05) is 17.9 Å². The third-order valence-corrected chi connectivity index (χ3v) is 3.69. The molecule has 19 heavy (non-hydrogen) atoms. The Morgan fingerprint density at radius 2 is 1.95 bits per heavy atom. The molecule has 0 saturated heterocycles. The van der Waals surface area contributed by atoms with Crippen LogP contribution in [0.15, 0.2) is 23.4 Å². The van der Waals surface area contributed by atoms with Gasteiger partial charge in [-0.3, -0.25) is 0 Å². The zero-order valence-electron chi connectivity index (χ0n) is 10.4. The molecule has 102 valence electrons. The number of nitrogens with two attached hydrogens (primary N) is 1. The minimum absolute atomic E-state index is 0.0486. The Kier molecular flexibility index (Phi) is 4.49. The maximum atomic E-state index is 13.5. The maximum Gasteiger partial charge on any atom is 0.191 e. The van der Waals surface area contributed by atoms with Gasteiger partial charge in [0.15, 0.2) is 5.16 Å². The molecule has 4 nitrogen and oxygen atoms in total. The summed E-state index contributed by atoms with van der Waals surface area (Å²) in [6.45, 7) is 2.90. The Balaban J connectivity index is 2.17. The number of hydrogen-bond acceptors (Lipinski definition) is 4. The molecule has 0 spiro atoms. The van der Waals surface area contributed by atoms with Gasteiger partial charge in [-0.05, 0) is 19.1 Å². The second kappa shape index (κ2) is 6.12. The quantitative estimate of drug-likeness (QED) is 0.856. The van der Waals surface area contributed by atoms with Crippen LogP contribution in [0, 0.1) is 11.6 Å². The molecular weight excluding hydrogens is 270 g/mol. The normalized spacial score (nSPS) is 10.9. The van der Waals surface area contributed by atoms with Gasteiger partial charge < -0.3 is 10.3 Å². The molecule has 0 amide bonds. The van der Waals surface area contributed by atoms with Crippen molar-refractivity contribution in [3.8, 4) is 0 Å². The van der Waals surface area contributed by atoms with Gasteiger partial charge in [0.05, 0.1) is 6.54 Å². The summed E-state index contributed by atoms with van der Waals surface area (Å²) in [7, 11) is 0. The van der Waals surface area contributed by atoms with E-state index < -0.39 is 11.6 Å². The highest BCUT2D eigenvalue weighted by atomic mass is 32.2. The van der Waals surface area contributed by atoms with E-state index in [0.29, 0.717) is 17.5 Å². The third kappa shape index (κ3) is 2.93. The molecule has 0 bridgehead atoms. The molecule has 0 radical (unpaired) electrons. The smallest absolute Gasteiger partial charge is 0.191 e. The molecule has 0 aliphatic rings. The lowest BCUT2D eigenvalue weighted by molar-refractivity contribution is 0.566. The zero-order valence-corrected chi connectivity index (χ0v) is 11.3. The minimum Gasteiger partial charge on any atom is -0.324 e. The van der Waals surface area contributed by atoms with Crippen molar-refractivity contribution in [2.75, 3.05) is 0 Å². The fourth-order valence-electron chi connectivity index (χ4n) is 1.70. The first kappa shape index (κ1) is 14.0. The van der Waals surface area contributed by atoms with Crippen LogP contribution in [0.25, 0.3) is 0 Å². The highest BCUT2D eigenvalue weighted by Crippen LogP contribution is 2.24. The summed E-state index contributed by atoms with van der Waals surface area (Å²) < 4.78 is 28.8. The molecule has 0 atom stereocenters. The second-order valence-corrected chi connectivity index (χ2v) is 4.78. The number of aromatic nitrogens is 3. The third-order valence-electron chi connectivity index (χ3n) is 2.70. The van der Waals surface area contributed by atoms with Crippen molar-refractivity contribution in [1.82, 2.24) is 14.8 Å². The van der Waals surface area contributed by atoms with Crippen LogP contribution in [0.4, 0.5) is 8.78 Å². The van der Waals surface area contributed by atoms with E-state index >= 15 is 0 Å². The van der Waals surface area contributed by atoms with Crippen LogP contribution in [0.2, 0.25) is 0 Å². The molecule has 7 heteroatoms. The number of rotatable bonds is 5. The fraction of sp³-hybridized carbons (Fsp3) is 0.333. The molecule has 0 aliphatic heterocycles. The Hall–Kier alpha value is -1.47. The van der Waals surface area contributed by atoms with Gasteiger partial charge in [-0.15, -0.1) is 10.2 Å². The summed E-state index contributed by atoms with van der Waals surface area (Å²) in [6.07, 6.45) is 0. The highest BCUT2D eigenvalue weighted by molar-refractivity contribution is 7.98. The molecule has 0 aliphatic carbocycles. The Morgan fingerprint density at radius 1 is 1.26 bits per heavy atom. The average Bonchev–Trinajstić information content (AvgIpc) is 2.80. The van der Waals surface area contributed by atoms with Crippen LogP contribution in [0.5, 0.6) is 0 Å². The summed E-state index contributed by atoms with van der Waals surface area (Å²) in [5.74, 6) is -0.261. The van der Waals surface area contributed by atoms with E-state index in [1.165, 1.54) is 30.0 Å². The Labute approximate surface area is 114 Å². The molecule has 1 aromatic heterocycles. The van der Waals surface area contributed by atoms with Gasteiger partial charge in [-0.1, -0.05) is 17.8 Å². The number of thioether (sulfide) groups is 1. The molecular formula is C12H14F2N4S. The molecule has 2 rings (SSSR count). The van der Waals surface area contributed by atoms with Crippen molar-refractivity contribution in [1.29, 1.82) is 0 Å². The topological polar surface area (TPSA) is 56.7 Å². The van der Waals surface area contributed by atoms with Crippen molar-refractivity contribution >= 4 is 11.8 Å². The largest absolute Gasteiger partial charge is 0.324 e. The monoisotopic (exact) mass is 284 g/mol. The fourth-order valence-corrected chi connectivity index (χ4v) is 2.74. The predicted octanol–water partition coefficient (Wildman–Crippen LogP) is 2.33. The van der Waals surface area contributed by atoms with E-state index in [1.807, 2.05) is 11.5 Å². The van der Waals surface area contributed by atoms with Gasteiger partial charge in [-0.2, -0.15) is 0 Å². The van der Waals surface area contributed by atoms with Gasteiger partial charge >= 0.3 is 0 Å². The molecule has 2 aromatic rings. The van der Waals surface area contributed by atoms with Crippen LogP contribution < -0.4 is 5.73 Å². The molecule has 1 heterocycles. The number of nitrogens with zero attached hydrogens (tertiary/aromatic N) is 3. The average molecular weight is 284 g/mol. The van der Waals surface area contributed by atoms with Crippen LogP contribution in [0.1, 0.15) is 18.3 Å². The lowest BCUT2D eigenvalue weighted by atomic mass is 10.2. The number of benzene rings is 1. The van der Waals surface area contributed by atoms with E-state index in [2.05, 4.69) is 10.2 Å². The lowest BCUT2D eigenvalue weighted by Crippen LogP contribution is -2.08. The van der Waals surface area contributed by atoms with Crippen molar-refractivity contribution in [2.45, 2.75) is 30.9 Å². The van der Waals surface area contributed by atoms with Crippen molar-refractivity contribution in [2.24, 2.45) is 5.73 Å². The summed E-state index contributed by atoms with van der Waals surface area (Å²) >= 11 is 1.24. The zero-order chi connectivity index (χ0) is 13.8. The van der Waals surface area contributed by atoms with Crippen LogP contribution >= 0.6 is 11.8 Å². The summed E-state index contributed by atoms with van der Waals surface area (Å²) in [5, 5.41) is 8.54. The van der Waals surface area contributed by atoms with Gasteiger partial charge in [-0.25, -0.2) is 8.78 Å². The predicted molar refractivity (Wildman–Crippen MR) is 69.5 cm³/mol. The summed E-state index contributed by atoms with van der Waals surface area (Å²) in [4.78, 5) is 0. The van der Waals surface area contributed by atoms with Crippen LogP contribution in [0.3, 0.4) is 0 Å². The SMILES string of the molecule is CCn1c(CN)nnc1SCc1c(F)cccc1F. The Morgan fingerprint density at radius 3 is 2.53 bits per heavy atom. The minimum atomic E-state index is -0.547. The van der Waals surface area contributed by atoms with E-state index in [1.54, 1.807) is 0 Å². The summed E-state index contributed by atoms with van der Waals surface area (Å²) in [6, 6.07) is 3.84. The first-order valence-electron chi connectivity index (χ1n) is 5.85. The Bertz CT molecular complexity index is 551.